The number of amides is 1. The molecule has 1 aromatic rings. The molecule has 2 N–H and O–H groups in total. The second-order valence-corrected chi connectivity index (χ2v) is 5.99. The van der Waals surface area contributed by atoms with Crippen molar-refractivity contribution in [2.24, 2.45) is 0 Å². The molecule has 0 aromatic heterocycles. The average molecular weight is 286 g/mol. The lowest BCUT2D eigenvalue weighted by atomic mass is 10.0. The van der Waals surface area contributed by atoms with Gasteiger partial charge < -0.3 is 10.6 Å². The number of benzene rings is 1. The van der Waals surface area contributed by atoms with Crippen LogP contribution in [-0.4, -0.2) is 25.5 Å². The summed E-state index contributed by atoms with van der Waals surface area (Å²) < 4.78 is 0. The van der Waals surface area contributed by atoms with Crippen LogP contribution < -0.4 is 10.6 Å². The van der Waals surface area contributed by atoms with Crippen LogP contribution in [-0.2, 0) is 11.2 Å². The Morgan fingerprint density at radius 1 is 1.29 bits per heavy atom. The fourth-order valence-corrected chi connectivity index (χ4v) is 2.46. The van der Waals surface area contributed by atoms with Crippen LogP contribution in [0.2, 0.25) is 0 Å². The van der Waals surface area contributed by atoms with E-state index in [4.69, 9.17) is 0 Å². The second-order valence-electron chi connectivity index (χ2n) is 5.99. The Morgan fingerprint density at radius 2 is 2.05 bits per heavy atom. The molecule has 0 atom stereocenters. The van der Waals surface area contributed by atoms with E-state index in [1.807, 2.05) is 0 Å². The third-order valence-electron chi connectivity index (χ3n) is 3.96. The summed E-state index contributed by atoms with van der Waals surface area (Å²) in [6.07, 6.45) is 4.59. The SMILES string of the molecule is CC(C)c1ccc(CCC(=O)NCC2=CCNCC2)cc1. The zero-order chi connectivity index (χ0) is 15.1. The maximum absolute atomic E-state index is 11.9. The molecule has 1 aliphatic heterocycles. The van der Waals surface area contributed by atoms with Gasteiger partial charge in [0.1, 0.15) is 0 Å². The topological polar surface area (TPSA) is 41.1 Å². The monoisotopic (exact) mass is 286 g/mol. The summed E-state index contributed by atoms with van der Waals surface area (Å²) in [7, 11) is 0. The third kappa shape index (κ3) is 5.35. The maximum Gasteiger partial charge on any atom is 0.220 e. The molecule has 21 heavy (non-hydrogen) atoms. The molecule has 1 amide bonds. The van der Waals surface area contributed by atoms with Crippen LogP contribution in [0.1, 0.15) is 43.7 Å². The molecule has 0 spiro atoms. The van der Waals surface area contributed by atoms with Crippen molar-refractivity contribution >= 4 is 5.91 Å². The molecule has 2 rings (SSSR count). The van der Waals surface area contributed by atoms with Crippen LogP contribution in [0.3, 0.4) is 0 Å². The van der Waals surface area contributed by atoms with Crippen molar-refractivity contribution in [1.82, 2.24) is 10.6 Å². The van der Waals surface area contributed by atoms with E-state index in [0.29, 0.717) is 18.9 Å². The first-order valence-corrected chi connectivity index (χ1v) is 7.89. The van der Waals surface area contributed by atoms with Gasteiger partial charge in [0.25, 0.3) is 0 Å². The van der Waals surface area contributed by atoms with Gasteiger partial charge in [-0.15, -0.1) is 0 Å². The molecule has 1 heterocycles. The first-order valence-electron chi connectivity index (χ1n) is 7.89. The Labute approximate surface area is 127 Å². The minimum absolute atomic E-state index is 0.141. The van der Waals surface area contributed by atoms with Gasteiger partial charge in [-0.2, -0.15) is 0 Å². The zero-order valence-electron chi connectivity index (χ0n) is 13.1. The van der Waals surface area contributed by atoms with Crippen LogP contribution in [0.4, 0.5) is 0 Å². The van der Waals surface area contributed by atoms with Crippen molar-refractivity contribution in [3.63, 3.8) is 0 Å². The molecule has 3 nitrogen and oxygen atoms in total. The molecule has 0 fully saturated rings. The van der Waals surface area contributed by atoms with E-state index in [1.54, 1.807) is 0 Å². The smallest absolute Gasteiger partial charge is 0.220 e. The lowest BCUT2D eigenvalue weighted by Crippen LogP contribution is -2.29. The number of aryl methyl sites for hydroxylation is 1. The van der Waals surface area contributed by atoms with Gasteiger partial charge >= 0.3 is 0 Å². The summed E-state index contributed by atoms with van der Waals surface area (Å²) in [4.78, 5) is 11.9. The average Bonchev–Trinajstić information content (AvgIpc) is 2.52. The fourth-order valence-electron chi connectivity index (χ4n) is 2.46. The first-order chi connectivity index (χ1) is 10.1. The minimum Gasteiger partial charge on any atom is -0.352 e. The quantitative estimate of drug-likeness (QED) is 0.790. The molecule has 0 unspecified atom stereocenters. The highest BCUT2D eigenvalue weighted by Crippen LogP contribution is 2.15. The van der Waals surface area contributed by atoms with Crippen LogP contribution in [0.25, 0.3) is 0 Å². The summed E-state index contributed by atoms with van der Waals surface area (Å²) in [6, 6.07) is 8.60. The Hall–Kier alpha value is -1.61. The first kappa shape index (κ1) is 15.8. The van der Waals surface area contributed by atoms with Gasteiger partial charge in [-0.25, -0.2) is 0 Å². The standard InChI is InChI=1S/C18H26N2O/c1-14(2)17-6-3-15(4-7-17)5-8-18(21)20-13-16-9-11-19-12-10-16/h3-4,6-7,9,14,19H,5,8,10-13H2,1-2H3,(H,20,21). The Morgan fingerprint density at radius 3 is 2.67 bits per heavy atom. The molecular formula is C18H26N2O. The maximum atomic E-state index is 11.9. The van der Waals surface area contributed by atoms with E-state index in [9.17, 15) is 4.79 Å². The fraction of sp³-hybridized carbons (Fsp3) is 0.500. The summed E-state index contributed by atoms with van der Waals surface area (Å²) >= 11 is 0. The number of hydrogen-bond donors (Lipinski definition) is 2. The van der Waals surface area contributed by atoms with Gasteiger partial charge in [0.15, 0.2) is 0 Å². The Bertz CT molecular complexity index is 488. The third-order valence-corrected chi connectivity index (χ3v) is 3.96. The van der Waals surface area contributed by atoms with Crippen LogP contribution in [0, 0.1) is 0 Å². The number of nitrogens with one attached hydrogen (secondary N) is 2. The summed E-state index contributed by atoms with van der Waals surface area (Å²) in [6.45, 7) is 7.03. The van der Waals surface area contributed by atoms with E-state index in [-0.39, 0.29) is 5.91 Å². The minimum atomic E-state index is 0.141. The zero-order valence-corrected chi connectivity index (χ0v) is 13.1. The van der Waals surface area contributed by atoms with Gasteiger partial charge in [-0.05, 0) is 36.4 Å². The molecular weight excluding hydrogens is 260 g/mol. The van der Waals surface area contributed by atoms with Crippen molar-refractivity contribution in [1.29, 1.82) is 0 Å². The molecule has 0 saturated heterocycles. The van der Waals surface area contributed by atoms with Crippen molar-refractivity contribution in [2.75, 3.05) is 19.6 Å². The van der Waals surface area contributed by atoms with E-state index in [2.05, 4.69) is 54.8 Å². The highest BCUT2D eigenvalue weighted by Gasteiger charge is 2.06. The highest BCUT2D eigenvalue weighted by molar-refractivity contribution is 5.76. The molecule has 0 radical (unpaired) electrons. The van der Waals surface area contributed by atoms with Gasteiger partial charge in [0.05, 0.1) is 0 Å². The molecule has 3 heteroatoms. The Balaban J connectivity index is 1.72. The number of hydrogen-bond acceptors (Lipinski definition) is 2. The van der Waals surface area contributed by atoms with E-state index in [1.165, 1.54) is 16.7 Å². The molecule has 0 aliphatic carbocycles. The number of carbonyl (C=O) groups is 1. The molecule has 1 aromatic carbocycles. The largest absolute Gasteiger partial charge is 0.352 e. The molecule has 1 aliphatic rings. The lowest BCUT2D eigenvalue weighted by molar-refractivity contribution is -0.120. The van der Waals surface area contributed by atoms with Crippen molar-refractivity contribution in [2.45, 2.75) is 39.0 Å². The molecule has 0 saturated carbocycles. The van der Waals surface area contributed by atoms with Crippen LogP contribution in [0.5, 0.6) is 0 Å². The normalized spacial score (nSPS) is 14.9. The number of rotatable bonds is 6. The van der Waals surface area contributed by atoms with E-state index in [0.717, 1.165) is 25.9 Å². The van der Waals surface area contributed by atoms with E-state index < -0.39 is 0 Å². The predicted octanol–water partition coefficient (Wildman–Crippen LogP) is 2.78. The molecule has 0 bridgehead atoms. The Kier molecular flexibility index (Phi) is 6.00. The summed E-state index contributed by atoms with van der Waals surface area (Å²) in [5.41, 5.74) is 3.92. The van der Waals surface area contributed by atoms with Gasteiger partial charge in [-0.1, -0.05) is 49.8 Å². The van der Waals surface area contributed by atoms with Crippen molar-refractivity contribution in [3.05, 3.63) is 47.0 Å². The summed E-state index contributed by atoms with van der Waals surface area (Å²) in [5.74, 6) is 0.697. The lowest BCUT2D eigenvalue weighted by Gasteiger charge is -2.14. The summed E-state index contributed by atoms with van der Waals surface area (Å²) in [5, 5.41) is 6.29. The van der Waals surface area contributed by atoms with Crippen molar-refractivity contribution < 1.29 is 4.79 Å². The number of carbonyl (C=O) groups excluding carboxylic acids is 1. The second kappa shape index (κ2) is 7.99. The van der Waals surface area contributed by atoms with Crippen LogP contribution >= 0.6 is 0 Å². The van der Waals surface area contributed by atoms with E-state index >= 15 is 0 Å². The van der Waals surface area contributed by atoms with Gasteiger partial charge in [0, 0.05) is 19.5 Å². The van der Waals surface area contributed by atoms with Crippen molar-refractivity contribution in [3.8, 4) is 0 Å². The highest BCUT2D eigenvalue weighted by atomic mass is 16.1. The molecule has 114 valence electrons. The predicted molar refractivity (Wildman–Crippen MR) is 87.4 cm³/mol. The van der Waals surface area contributed by atoms with Gasteiger partial charge in [-0.3, -0.25) is 4.79 Å². The van der Waals surface area contributed by atoms with Crippen LogP contribution in [0.15, 0.2) is 35.9 Å². The van der Waals surface area contributed by atoms with Gasteiger partial charge in [0.2, 0.25) is 5.91 Å².